The highest BCUT2D eigenvalue weighted by molar-refractivity contribution is 5.27. The van der Waals surface area contributed by atoms with Crippen LogP contribution < -0.4 is 4.74 Å². The molecule has 2 rings (SSSR count). The van der Waals surface area contributed by atoms with Gasteiger partial charge in [0.25, 0.3) is 0 Å². The third-order valence-corrected chi connectivity index (χ3v) is 2.07. The molecule has 2 heteroatoms. The van der Waals surface area contributed by atoms with Crippen molar-refractivity contribution in [3.63, 3.8) is 0 Å². The normalized spacial score (nSPS) is 19.9. The van der Waals surface area contributed by atoms with Crippen molar-refractivity contribution in [3.8, 4) is 5.75 Å². The Morgan fingerprint density at radius 3 is 3.23 bits per heavy atom. The Hall–Kier alpha value is -1.02. The van der Waals surface area contributed by atoms with E-state index in [9.17, 15) is 0 Å². The Labute approximate surface area is 78.5 Å². The van der Waals surface area contributed by atoms with Crippen LogP contribution in [0.5, 0.6) is 5.75 Å². The van der Waals surface area contributed by atoms with Crippen LogP contribution in [0.3, 0.4) is 0 Å². The molecule has 2 nitrogen and oxygen atoms in total. The van der Waals surface area contributed by atoms with Crippen LogP contribution in [0.15, 0.2) is 18.2 Å². The van der Waals surface area contributed by atoms with Crippen molar-refractivity contribution in [2.75, 3.05) is 13.2 Å². The zero-order chi connectivity index (χ0) is 9.10. The number of hydrogen-bond donors (Lipinski definition) is 0. The fourth-order valence-corrected chi connectivity index (χ4v) is 1.14. The highest BCUT2D eigenvalue weighted by Gasteiger charge is 2.22. The lowest BCUT2D eigenvalue weighted by molar-refractivity contribution is 0.262. The van der Waals surface area contributed by atoms with Crippen LogP contribution in [-0.2, 0) is 11.2 Å². The summed E-state index contributed by atoms with van der Waals surface area (Å²) in [6.07, 6.45) is 1.35. The molecule has 1 aromatic carbocycles. The van der Waals surface area contributed by atoms with Gasteiger partial charge in [-0.25, -0.2) is 0 Å². The maximum Gasteiger partial charge on any atom is 0.127 e. The van der Waals surface area contributed by atoms with E-state index in [0.717, 1.165) is 18.8 Å². The van der Waals surface area contributed by atoms with E-state index in [4.69, 9.17) is 9.47 Å². The summed E-state index contributed by atoms with van der Waals surface area (Å²) in [4.78, 5) is 0. The van der Waals surface area contributed by atoms with Crippen LogP contribution in [0.2, 0.25) is 0 Å². The van der Waals surface area contributed by atoms with Crippen LogP contribution in [-0.4, -0.2) is 19.3 Å². The van der Waals surface area contributed by atoms with Crippen LogP contribution in [0.4, 0.5) is 0 Å². The molecule has 0 aliphatic carbocycles. The van der Waals surface area contributed by atoms with Crippen LogP contribution >= 0.6 is 0 Å². The van der Waals surface area contributed by atoms with Crippen molar-refractivity contribution < 1.29 is 9.47 Å². The summed E-state index contributed by atoms with van der Waals surface area (Å²) in [6, 6.07) is 9.04. The van der Waals surface area contributed by atoms with E-state index in [1.807, 2.05) is 12.1 Å². The van der Waals surface area contributed by atoms with Gasteiger partial charge in [-0.15, -0.1) is 0 Å². The van der Waals surface area contributed by atoms with E-state index in [1.165, 1.54) is 5.56 Å². The van der Waals surface area contributed by atoms with E-state index in [-0.39, 0.29) is 0 Å². The molecule has 0 aromatic heterocycles. The van der Waals surface area contributed by atoms with Gasteiger partial charge in [-0.3, -0.25) is 0 Å². The monoisotopic (exact) mass is 177 g/mol. The summed E-state index contributed by atoms with van der Waals surface area (Å²) in [7, 11) is 0. The lowest BCUT2D eigenvalue weighted by Crippen LogP contribution is -2.04. The first-order valence-electron chi connectivity index (χ1n) is 4.63. The number of epoxide rings is 1. The summed E-state index contributed by atoms with van der Waals surface area (Å²) in [5.74, 6) is 0.829. The molecule has 0 spiro atoms. The van der Waals surface area contributed by atoms with E-state index in [2.05, 4.69) is 19.1 Å². The SMILES string of the molecule is CCc1cc[c]c(OC[C@@H]2CO2)c1. The predicted octanol–water partition coefficient (Wildman–Crippen LogP) is 1.83. The summed E-state index contributed by atoms with van der Waals surface area (Å²) in [6.45, 7) is 3.63. The van der Waals surface area contributed by atoms with Gasteiger partial charge in [0.05, 0.1) is 6.61 Å². The minimum absolute atomic E-state index is 0.318. The molecule has 0 N–H and O–H groups in total. The number of rotatable bonds is 4. The third kappa shape index (κ3) is 2.46. The second kappa shape index (κ2) is 3.79. The number of aryl methyl sites for hydroxylation is 1. The molecule has 1 aliphatic rings. The van der Waals surface area contributed by atoms with Gasteiger partial charge in [-0.2, -0.15) is 0 Å². The molecule has 1 fully saturated rings. The van der Waals surface area contributed by atoms with Crippen molar-refractivity contribution in [3.05, 3.63) is 29.8 Å². The predicted molar refractivity (Wildman–Crippen MR) is 49.9 cm³/mol. The van der Waals surface area contributed by atoms with Gasteiger partial charge >= 0.3 is 0 Å². The third-order valence-electron chi connectivity index (χ3n) is 2.07. The second-order valence-electron chi connectivity index (χ2n) is 3.18. The van der Waals surface area contributed by atoms with Crippen molar-refractivity contribution in [2.45, 2.75) is 19.4 Å². The molecule has 1 aliphatic heterocycles. The molecule has 1 atom stereocenters. The Morgan fingerprint density at radius 2 is 2.54 bits per heavy atom. The van der Waals surface area contributed by atoms with Gasteiger partial charge in [0.1, 0.15) is 18.5 Å². The van der Waals surface area contributed by atoms with E-state index >= 15 is 0 Å². The molecular formula is C11H13O2. The minimum atomic E-state index is 0.318. The molecule has 0 bridgehead atoms. The van der Waals surface area contributed by atoms with Crippen molar-refractivity contribution in [2.24, 2.45) is 0 Å². The Bertz CT molecular complexity index is 279. The lowest BCUT2D eigenvalue weighted by atomic mass is 10.2. The molecule has 1 aromatic rings. The van der Waals surface area contributed by atoms with Crippen LogP contribution in [0.1, 0.15) is 12.5 Å². The lowest BCUT2D eigenvalue weighted by Gasteiger charge is -2.04. The summed E-state index contributed by atoms with van der Waals surface area (Å²) in [5.41, 5.74) is 1.28. The highest BCUT2D eigenvalue weighted by Crippen LogP contribution is 2.16. The van der Waals surface area contributed by atoms with E-state index in [0.29, 0.717) is 12.7 Å². The quantitative estimate of drug-likeness (QED) is 0.654. The Balaban J connectivity index is 1.93. The molecule has 0 amide bonds. The average molecular weight is 177 g/mol. The first kappa shape index (κ1) is 8.57. The minimum Gasteiger partial charge on any atom is -0.490 e. The van der Waals surface area contributed by atoms with Crippen LogP contribution in [0, 0.1) is 6.07 Å². The maximum absolute atomic E-state index is 5.49. The number of benzene rings is 1. The molecule has 1 heterocycles. The van der Waals surface area contributed by atoms with Gasteiger partial charge < -0.3 is 9.47 Å². The van der Waals surface area contributed by atoms with Gasteiger partial charge in [0, 0.05) is 6.07 Å². The molecule has 0 saturated carbocycles. The Kier molecular flexibility index (Phi) is 2.50. The summed E-state index contributed by atoms with van der Waals surface area (Å²) >= 11 is 0. The average Bonchev–Trinajstić information content (AvgIpc) is 2.99. The standard InChI is InChI=1S/C11H13O2/c1-2-9-4-3-5-10(6-9)12-7-11-8-13-11/h3-4,6,11H,2,7-8H2,1H3/t11-/m1/s1. The molecule has 0 unspecified atom stereocenters. The maximum atomic E-state index is 5.49. The molecule has 1 radical (unpaired) electrons. The smallest absolute Gasteiger partial charge is 0.127 e. The number of hydrogen-bond acceptors (Lipinski definition) is 2. The number of ether oxygens (including phenoxy) is 2. The van der Waals surface area contributed by atoms with E-state index < -0.39 is 0 Å². The zero-order valence-corrected chi connectivity index (χ0v) is 7.75. The first-order valence-corrected chi connectivity index (χ1v) is 4.63. The van der Waals surface area contributed by atoms with E-state index in [1.54, 1.807) is 0 Å². The topological polar surface area (TPSA) is 21.8 Å². The highest BCUT2D eigenvalue weighted by atomic mass is 16.6. The van der Waals surface area contributed by atoms with Gasteiger partial charge in [-0.05, 0) is 18.1 Å². The van der Waals surface area contributed by atoms with Crippen molar-refractivity contribution in [1.82, 2.24) is 0 Å². The molecular weight excluding hydrogens is 164 g/mol. The first-order chi connectivity index (χ1) is 6.38. The molecule has 69 valence electrons. The molecule has 13 heavy (non-hydrogen) atoms. The van der Waals surface area contributed by atoms with Crippen molar-refractivity contribution >= 4 is 0 Å². The van der Waals surface area contributed by atoms with Gasteiger partial charge in [0.2, 0.25) is 0 Å². The second-order valence-corrected chi connectivity index (χ2v) is 3.18. The largest absolute Gasteiger partial charge is 0.490 e. The van der Waals surface area contributed by atoms with Crippen LogP contribution in [0.25, 0.3) is 0 Å². The fourth-order valence-electron chi connectivity index (χ4n) is 1.14. The van der Waals surface area contributed by atoms with Gasteiger partial charge in [0.15, 0.2) is 0 Å². The summed E-state index contributed by atoms with van der Waals surface area (Å²) < 4.78 is 10.5. The summed E-state index contributed by atoms with van der Waals surface area (Å²) in [5, 5.41) is 0. The Morgan fingerprint density at radius 1 is 1.69 bits per heavy atom. The zero-order valence-electron chi connectivity index (χ0n) is 7.75. The molecule has 1 saturated heterocycles. The fraction of sp³-hybridized carbons (Fsp3) is 0.455. The van der Waals surface area contributed by atoms with Gasteiger partial charge in [-0.1, -0.05) is 19.1 Å². The van der Waals surface area contributed by atoms with Crippen molar-refractivity contribution in [1.29, 1.82) is 0 Å².